The molecule has 0 aliphatic rings. The van der Waals surface area contributed by atoms with Gasteiger partial charge in [-0.2, -0.15) is 0 Å². The Morgan fingerprint density at radius 3 is 2.38 bits per heavy atom. The number of ether oxygens (including phenoxy) is 1. The molecule has 1 N–H and O–H groups in total. The number of nitrogens with one attached hydrogen (secondary N) is 1. The zero-order valence-electron chi connectivity index (χ0n) is 15.3. The van der Waals surface area contributed by atoms with Gasteiger partial charge in [0.15, 0.2) is 5.78 Å². The first-order valence-electron chi connectivity index (χ1n) is 8.87. The standard InChI is InChI=1S/C22H25NO3/c1-3-4-10-20(24)15-21(19-13-11-17(2)12-14-19)23-22(25)26-16-18-8-6-5-7-9-18/h5-9,11-15H,3-4,10,16H2,1-2H3,(H,23,25)/b21-15+. The molecule has 4 nitrogen and oxygen atoms in total. The predicted octanol–water partition coefficient (Wildman–Crippen LogP) is 5.02. The highest BCUT2D eigenvalue weighted by Crippen LogP contribution is 2.14. The number of carbonyl (C=O) groups is 2. The second-order valence-corrected chi connectivity index (χ2v) is 6.18. The average molecular weight is 351 g/mol. The predicted molar refractivity (Wildman–Crippen MR) is 103 cm³/mol. The van der Waals surface area contributed by atoms with E-state index in [1.165, 1.54) is 6.08 Å². The van der Waals surface area contributed by atoms with Gasteiger partial charge in [-0.05, 0) is 24.5 Å². The van der Waals surface area contributed by atoms with Crippen molar-refractivity contribution in [1.29, 1.82) is 0 Å². The molecule has 0 radical (unpaired) electrons. The van der Waals surface area contributed by atoms with Crippen molar-refractivity contribution in [2.75, 3.05) is 0 Å². The van der Waals surface area contributed by atoms with Crippen molar-refractivity contribution in [2.45, 2.75) is 39.7 Å². The van der Waals surface area contributed by atoms with E-state index < -0.39 is 6.09 Å². The van der Waals surface area contributed by atoms with E-state index in [1.54, 1.807) is 0 Å². The Kier molecular flexibility index (Phi) is 7.62. The van der Waals surface area contributed by atoms with Gasteiger partial charge in [-0.25, -0.2) is 4.79 Å². The van der Waals surface area contributed by atoms with Gasteiger partial charge in [-0.15, -0.1) is 0 Å². The molecule has 0 bridgehead atoms. The average Bonchev–Trinajstić information content (AvgIpc) is 2.65. The number of unbranched alkanes of at least 4 members (excludes halogenated alkanes) is 1. The molecule has 0 fully saturated rings. The molecule has 0 unspecified atom stereocenters. The van der Waals surface area contributed by atoms with Gasteiger partial charge in [0, 0.05) is 12.5 Å². The largest absolute Gasteiger partial charge is 0.444 e. The first-order valence-corrected chi connectivity index (χ1v) is 8.87. The molecule has 2 rings (SSSR count). The maximum Gasteiger partial charge on any atom is 0.411 e. The summed E-state index contributed by atoms with van der Waals surface area (Å²) in [4.78, 5) is 24.3. The molecule has 0 aliphatic heterocycles. The molecule has 4 heteroatoms. The van der Waals surface area contributed by atoms with Crippen LogP contribution in [0, 0.1) is 6.92 Å². The summed E-state index contributed by atoms with van der Waals surface area (Å²) in [5.41, 5.74) is 3.25. The van der Waals surface area contributed by atoms with Gasteiger partial charge in [0.25, 0.3) is 0 Å². The molecule has 1 amide bonds. The molecular weight excluding hydrogens is 326 g/mol. The van der Waals surface area contributed by atoms with Crippen molar-refractivity contribution < 1.29 is 14.3 Å². The van der Waals surface area contributed by atoms with Gasteiger partial charge in [0.1, 0.15) is 6.61 Å². The summed E-state index contributed by atoms with van der Waals surface area (Å²) in [7, 11) is 0. The molecular formula is C22H25NO3. The number of carbonyl (C=O) groups excluding carboxylic acids is 2. The number of amides is 1. The topological polar surface area (TPSA) is 55.4 Å². The quantitative estimate of drug-likeness (QED) is 0.679. The minimum absolute atomic E-state index is 0.00853. The van der Waals surface area contributed by atoms with E-state index in [2.05, 4.69) is 5.32 Å². The van der Waals surface area contributed by atoms with Crippen molar-refractivity contribution >= 4 is 17.6 Å². The molecule has 0 atom stereocenters. The molecule has 0 spiro atoms. The minimum atomic E-state index is -0.580. The van der Waals surface area contributed by atoms with Gasteiger partial charge in [-0.3, -0.25) is 10.1 Å². The number of alkyl carbamates (subject to hydrolysis) is 1. The van der Waals surface area contributed by atoms with Gasteiger partial charge >= 0.3 is 6.09 Å². The highest BCUT2D eigenvalue weighted by atomic mass is 16.5. The summed E-state index contributed by atoms with van der Waals surface area (Å²) >= 11 is 0. The van der Waals surface area contributed by atoms with Gasteiger partial charge in [-0.1, -0.05) is 73.5 Å². The Hall–Kier alpha value is -2.88. The van der Waals surface area contributed by atoms with E-state index in [9.17, 15) is 9.59 Å². The van der Waals surface area contributed by atoms with E-state index in [-0.39, 0.29) is 12.4 Å². The highest BCUT2D eigenvalue weighted by molar-refractivity contribution is 5.98. The lowest BCUT2D eigenvalue weighted by Crippen LogP contribution is -2.23. The third kappa shape index (κ3) is 6.55. The van der Waals surface area contributed by atoms with E-state index in [0.29, 0.717) is 12.1 Å². The molecule has 0 saturated heterocycles. The van der Waals surface area contributed by atoms with Crippen LogP contribution in [0.1, 0.15) is 42.9 Å². The Labute approximate surface area is 154 Å². The molecule has 0 saturated carbocycles. The zero-order chi connectivity index (χ0) is 18.8. The Morgan fingerprint density at radius 2 is 1.73 bits per heavy atom. The van der Waals surface area contributed by atoms with E-state index in [4.69, 9.17) is 4.74 Å². The number of benzene rings is 2. The Bertz CT molecular complexity index is 749. The molecule has 0 heterocycles. The maximum absolute atomic E-state index is 12.2. The number of ketones is 1. The monoisotopic (exact) mass is 351 g/mol. The van der Waals surface area contributed by atoms with Crippen LogP contribution in [-0.4, -0.2) is 11.9 Å². The van der Waals surface area contributed by atoms with Crippen LogP contribution in [0.4, 0.5) is 4.79 Å². The summed E-state index contributed by atoms with van der Waals surface area (Å²) in [6.45, 7) is 4.20. The van der Waals surface area contributed by atoms with Crippen LogP contribution < -0.4 is 5.32 Å². The zero-order valence-corrected chi connectivity index (χ0v) is 15.3. The lowest BCUT2D eigenvalue weighted by Gasteiger charge is -2.11. The van der Waals surface area contributed by atoms with Crippen LogP contribution in [-0.2, 0) is 16.1 Å². The lowest BCUT2D eigenvalue weighted by molar-refractivity contribution is -0.114. The molecule has 2 aromatic rings. The number of allylic oxidation sites excluding steroid dienone is 1. The fraction of sp³-hybridized carbons (Fsp3) is 0.273. The lowest BCUT2D eigenvalue weighted by atomic mass is 10.1. The van der Waals surface area contributed by atoms with Gasteiger partial charge in [0.05, 0.1) is 5.70 Å². The van der Waals surface area contributed by atoms with Crippen LogP contribution >= 0.6 is 0 Å². The number of aryl methyl sites for hydroxylation is 1. The second-order valence-electron chi connectivity index (χ2n) is 6.18. The van der Waals surface area contributed by atoms with Crippen LogP contribution in [0.15, 0.2) is 60.7 Å². The third-order valence-corrected chi connectivity index (χ3v) is 3.89. The first-order chi connectivity index (χ1) is 12.6. The van der Waals surface area contributed by atoms with Crippen LogP contribution in [0.3, 0.4) is 0 Å². The highest BCUT2D eigenvalue weighted by Gasteiger charge is 2.10. The summed E-state index contributed by atoms with van der Waals surface area (Å²) in [5, 5.41) is 2.71. The SMILES string of the molecule is CCCCC(=O)/C=C(/NC(=O)OCc1ccccc1)c1ccc(C)cc1. The second kappa shape index (κ2) is 10.2. The third-order valence-electron chi connectivity index (χ3n) is 3.89. The van der Waals surface area contributed by atoms with Gasteiger partial charge in [0.2, 0.25) is 0 Å². The maximum atomic E-state index is 12.2. The normalized spacial score (nSPS) is 11.1. The van der Waals surface area contributed by atoms with Crippen molar-refractivity contribution in [3.05, 3.63) is 77.4 Å². The smallest absolute Gasteiger partial charge is 0.411 e. The van der Waals surface area contributed by atoms with Crippen LogP contribution in [0.25, 0.3) is 5.70 Å². The van der Waals surface area contributed by atoms with Crippen molar-refractivity contribution in [1.82, 2.24) is 5.32 Å². The van der Waals surface area contributed by atoms with Crippen molar-refractivity contribution in [3.63, 3.8) is 0 Å². The molecule has 0 aliphatic carbocycles. The Balaban J connectivity index is 2.07. The number of hydrogen-bond acceptors (Lipinski definition) is 3. The van der Waals surface area contributed by atoms with Crippen molar-refractivity contribution in [2.24, 2.45) is 0 Å². The van der Waals surface area contributed by atoms with E-state index in [1.807, 2.05) is 68.4 Å². The molecule has 0 aromatic heterocycles. The first kappa shape index (κ1) is 19.4. The van der Waals surface area contributed by atoms with Crippen LogP contribution in [0.5, 0.6) is 0 Å². The Morgan fingerprint density at radius 1 is 1.04 bits per heavy atom. The summed E-state index contributed by atoms with van der Waals surface area (Å²) in [5.74, 6) is -0.00853. The van der Waals surface area contributed by atoms with Crippen molar-refractivity contribution in [3.8, 4) is 0 Å². The fourth-order valence-corrected chi connectivity index (χ4v) is 2.38. The van der Waals surface area contributed by atoms with Gasteiger partial charge < -0.3 is 4.74 Å². The summed E-state index contributed by atoms with van der Waals surface area (Å²) < 4.78 is 5.26. The minimum Gasteiger partial charge on any atom is -0.444 e. The summed E-state index contributed by atoms with van der Waals surface area (Å²) in [6.07, 6.45) is 3.15. The number of rotatable bonds is 8. The molecule has 2 aromatic carbocycles. The number of hydrogen-bond donors (Lipinski definition) is 1. The molecule has 136 valence electrons. The van der Waals surface area contributed by atoms with E-state index in [0.717, 1.165) is 29.5 Å². The fourth-order valence-electron chi connectivity index (χ4n) is 2.38. The van der Waals surface area contributed by atoms with E-state index >= 15 is 0 Å². The summed E-state index contributed by atoms with van der Waals surface area (Å²) in [6, 6.07) is 17.1. The molecule has 26 heavy (non-hydrogen) atoms. The van der Waals surface area contributed by atoms with Crippen LogP contribution in [0.2, 0.25) is 0 Å².